The average Bonchev–Trinajstić information content (AvgIpc) is 2.57. The SMILES string of the molecule is O=c1ncccn1[C@@H]1CCNC1. The third-order valence-corrected chi connectivity index (χ3v) is 2.17. The second-order valence-electron chi connectivity index (χ2n) is 2.96. The van der Waals surface area contributed by atoms with Crippen LogP contribution < -0.4 is 11.0 Å². The first-order valence-electron chi connectivity index (χ1n) is 4.12. The Morgan fingerprint density at radius 1 is 1.67 bits per heavy atom. The molecule has 1 aliphatic rings. The standard InChI is InChI=1S/C8H11N3O/c12-8-10-3-1-5-11(8)7-2-4-9-6-7/h1,3,5,7,9H,2,4,6H2/t7-/m1/s1. The van der Waals surface area contributed by atoms with Crippen LogP contribution in [0.15, 0.2) is 23.3 Å². The largest absolute Gasteiger partial charge is 0.347 e. The molecule has 1 aromatic heterocycles. The molecule has 1 atom stereocenters. The van der Waals surface area contributed by atoms with Gasteiger partial charge in [0.15, 0.2) is 0 Å². The molecule has 1 N–H and O–H groups in total. The van der Waals surface area contributed by atoms with Gasteiger partial charge in [-0.25, -0.2) is 9.78 Å². The third kappa shape index (κ3) is 1.25. The average molecular weight is 165 g/mol. The topological polar surface area (TPSA) is 46.9 Å². The molecular formula is C8H11N3O. The minimum Gasteiger partial charge on any atom is -0.315 e. The Morgan fingerprint density at radius 3 is 3.25 bits per heavy atom. The third-order valence-electron chi connectivity index (χ3n) is 2.17. The smallest absolute Gasteiger partial charge is 0.315 e. The summed E-state index contributed by atoms with van der Waals surface area (Å²) in [5.41, 5.74) is -0.147. The van der Waals surface area contributed by atoms with Gasteiger partial charge in [-0.15, -0.1) is 0 Å². The molecule has 12 heavy (non-hydrogen) atoms. The van der Waals surface area contributed by atoms with Crippen LogP contribution in [0.5, 0.6) is 0 Å². The molecule has 2 rings (SSSR count). The highest BCUT2D eigenvalue weighted by atomic mass is 16.1. The first-order chi connectivity index (χ1) is 5.88. The van der Waals surface area contributed by atoms with Crippen LogP contribution in [0, 0.1) is 0 Å². The normalized spacial score (nSPS) is 22.8. The fraction of sp³-hybridized carbons (Fsp3) is 0.500. The van der Waals surface area contributed by atoms with Crippen molar-refractivity contribution in [2.45, 2.75) is 12.5 Å². The number of nitrogens with one attached hydrogen (secondary N) is 1. The van der Waals surface area contributed by atoms with E-state index < -0.39 is 0 Å². The molecule has 1 aromatic rings. The molecule has 1 saturated heterocycles. The molecule has 2 heterocycles. The minimum absolute atomic E-state index is 0.147. The van der Waals surface area contributed by atoms with E-state index in [9.17, 15) is 4.79 Å². The van der Waals surface area contributed by atoms with Crippen LogP contribution in [0.1, 0.15) is 12.5 Å². The molecule has 0 bridgehead atoms. The molecule has 0 unspecified atom stereocenters. The molecule has 1 aliphatic heterocycles. The van der Waals surface area contributed by atoms with Crippen LogP contribution in [0.25, 0.3) is 0 Å². The van der Waals surface area contributed by atoms with Crippen molar-refractivity contribution in [3.63, 3.8) is 0 Å². The Morgan fingerprint density at radius 2 is 2.58 bits per heavy atom. The van der Waals surface area contributed by atoms with Gasteiger partial charge in [0.1, 0.15) is 0 Å². The summed E-state index contributed by atoms with van der Waals surface area (Å²) in [6.45, 7) is 1.87. The number of hydrogen-bond acceptors (Lipinski definition) is 3. The summed E-state index contributed by atoms with van der Waals surface area (Å²) in [5, 5.41) is 3.21. The van der Waals surface area contributed by atoms with Crippen molar-refractivity contribution in [1.29, 1.82) is 0 Å². The summed E-state index contributed by atoms with van der Waals surface area (Å²) in [4.78, 5) is 14.9. The molecule has 0 aliphatic carbocycles. The van der Waals surface area contributed by atoms with Crippen LogP contribution in [0.3, 0.4) is 0 Å². The summed E-state index contributed by atoms with van der Waals surface area (Å²) in [6.07, 6.45) is 4.35. The zero-order chi connectivity index (χ0) is 8.39. The predicted octanol–water partition coefficient (Wildman–Crippen LogP) is -0.222. The number of hydrogen-bond donors (Lipinski definition) is 1. The van der Waals surface area contributed by atoms with E-state index in [2.05, 4.69) is 10.3 Å². The Kier molecular flexibility index (Phi) is 1.91. The molecule has 0 saturated carbocycles. The Bertz CT molecular complexity index is 314. The maximum Gasteiger partial charge on any atom is 0.347 e. The van der Waals surface area contributed by atoms with Crippen molar-refractivity contribution in [2.24, 2.45) is 0 Å². The van der Waals surface area contributed by atoms with E-state index in [1.165, 1.54) is 6.20 Å². The molecule has 0 amide bonds. The highest BCUT2D eigenvalue weighted by Crippen LogP contribution is 2.10. The molecule has 0 radical (unpaired) electrons. The highest BCUT2D eigenvalue weighted by molar-refractivity contribution is 4.87. The number of rotatable bonds is 1. The first-order valence-corrected chi connectivity index (χ1v) is 4.12. The van der Waals surface area contributed by atoms with Crippen molar-refractivity contribution in [3.8, 4) is 0 Å². The fourth-order valence-corrected chi connectivity index (χ4v) is 1.52. The van der Waals surface area contributed by atoms with Crippen molar-refractivity contribution in [1.82, 2.24) is 14.9 Å². The molecule has 0 aromatic carbocycles. The van der Waals surface area contributed by atoms with E-state index in [1.807, 2.05) is 0 Å². The lowest BCUT2D eigenvalue weighted by Crippen LogP contribution is -2.27. The maximum atomic E-state index is 11.2. The second kappa shape index (κ2) is 3.06. The first kappa shape index (κ1) is 7.49. The lowest BCUT2D eigenvalue weighted by Gasteiger charge is -2.10. The van der Waals surface area contributed by atoms with Crippen molar-refractivity contribution in [3.05, 3.63) is 28.9 Å². The molecule has 4 heteroatoms. The second-order valence-corrected chi connectivity index (χ2v) is 2.96. The monoisotopic (exact) mass is 165 g/mol. The summed E-state index contributed by atoms with van der Waals surface area (Å²) in [7, 11) is 0. The lowest BCUT2D eigenvalue weighted by atomic mass is 10.2. The molecule has 0 spiro atoms. The van der Waals surface area contributed by atoms with Gasteiger partial charge in [-0.1, -0.05) is 0 Å². The number of aromatic nitrogens is 2. The molecule has 4 nitrogen and oxygen atoms in total. The van der Waals surface area contributed by atoms with Gasteiger partial charge in [-0.2, -0.15) is 0 Å². The minimum atomic E-state index is -0.147. The van der Waals surface area contributed by atoms with Crippen LogP contribution in [-0.4, -0.2) is 22.6 Å². The van der Waals surface area contributed by atoms with Crippen LogP contribution in [0.2, 0.25) is 0 Å². The van der Waals surface area contributed by atoms with E-state index in [-0.39, 0.29) is 5.69 Å². The number of nitrogens with zero attached hydrogens (tertiary/aromatic N) is 2. The van der Waals surface area contributed by atoms with Crippen LogP contribution >= 0.6 is 0 Å². The van der Waals surface area contributed by atoms with Crippen LogP contribution in [0.4, 0.5) is 0 Å². The van der Waals surface area contributed by atoms with E-state index in [1.54, 1.807) is 16.8 Å². The highest BCUT2D eigenvalue weighted by Gasteiger charge is 2.16. The van der Waals surface area contributed by atoms with Gasteiger partial charge in [0, 0.05) is 18.9 Å². The quantitative estimate of drug-likeness (QED) is 0.625. The van der Waals surface area contributed by atoms with Gasteiger partial charge in [-0.3, -0.25) is 4.57 Å². The molecule has 1 fully saturated rings. The van der Waals surface area contributed by atoms with E-state index in [4.69, 9.17) is 0 Å². The Hall–Kier alpha value is -1.16. The molecule has 64 valence electrons. The molecular weight excluding hydrogens is 154 g/mol. The van der Waals surface area contributed by atoms with Gasteiger partial charge < -0.3 is 5.32 Å². The van der Waals surface area contributed by atoms with E-state index in [0.29, 0.717) is 6.04 Å². The van der Waals surface area contributed by atoms with Gasteiger partial charge in [0.2, 0.25) is 0 Å². The van der Waals surface area contributed by atoms with Gasteiger partial charge in [0.25, 0.3) is 0 Å². The van der Waals surface area contributed by atoms with Crippen molar-refractivity contribution < 1.29 is 0 Å². The van der Waals surface area contributed by atoms with Crippen molar-refractivity contribution >= 4 is 0 Å². The van der Waals surface area contributed by atoms with Gasteiger partial charge in [-0.05, 0) is 19.0 Å². The van der Waals surface area contributed by atoms with Gasteiger partial charge in [0.05, 0.1) is 6.04 Å². The maximum absolute atomic E-state index is 11.2. The van der Waals surface area contributed by atoms with E-state index >= 15 is 0 Å². The Balaban J connectivity index is 2.32. The fourth-order valence-electron chi connectivity index (χ4n) is 1.52. The zero-order valence-corrected chi connectivity index (χ0v) is 6.73. The van der Waals surface area contributed by atoms with E-state index in [0.717, 1.165) is 19.5 Å². The van der Waals surface area contributed by atoms with Crippen LogP contribution in [-0.2, 0) is 0 Å². The van der Waals surface area contributed by atoms with Crippen molar-refractivity contribution in [2.75, 3.05) is 13.1 Å². The Labute approximate surface area is 70.2 Å². The van der Waals surface area contributed by atoms with Gasteiger partial charge >= 0.3 is 5.69 Å². The predicted molar refractivity (Wildman–Crippen MR) is 45.0 cm³/mol. The summed E-state index contributed by atoms with van der Waals surface area (Å²) >= 11 is 0. The summed E-state index contributed by atoms with van der Waals surface area (Å²) < 4.78 is 1.69. The summed E-state index contributed by atoms with van der Waals surface area (Å²) in [5.74, 6) is 0. The summed E-state index contributed by atoms with van der Waals surface area (Å²) in [6, 6.07) is 2.09. The zero-order valence-electron chi connectivity index (χ0n) is 6.73. The lowest BCUT2D eigenvalue weighted by molar-refractivity contribution is 0.518.